The predicted molar refractivity (Wildman–Crippen MR) is 45.5 cm³/mol. The van der Waals surface area contributed by atoms with Crippen LogP contribution in [-0.4, -0.2) is 12.1 Å². The quantitative estimate of drug-likeness (QED) is 0.760. The minimum absolute atomic E-state index is 0.496. The summed E-state index contributed by atoms with van der Waals surface area (Å²) >= 11 is 0. The number of pyridine rings is 1. The Hall–Kier alpha value is -1.91. The van der Waals surface area contributed by atoms with E-state index < -0.39 is 35.2 Å². The molecule has 0 aromatic carbocycles. The molecule has 0 amide bonds. The van der Waals surface area contributed by atoms with E-state index in [9.17, 15) is 22.0 Å². The van der Waals surface area contributed by atoms with Crippen molar-refractivity contribution in [3.8, 4) is 11.8 Å². The first-order valence-corrected chi connectivity index (χ1v) is 4.15. The zero-order valence-electron chi connectivity index (χ0n) is 8.35. The number of rotatable bonds is 2. The number of methoxy groups -OCH3 is 1. The van der Waals surface area contributed by atoms with Crippen LogP contribution in [-0.2, 0) is 6.18 Å². The number of nitrogens with zero attached hydrogens (tertiary/aromatic N) is 2. The summed E-state index contributed by atoms with van der Waals surface area (Å²) in [7, 11) is 1.01. The van der Waals surface area contributed by atoms with Gasteiger partial charge in [-0.3, -0.25) is 4.98 Å². The van der Waals surface area contributed by atoms with Crippen molar-refractivity contribution in [2.45, 2.75) is 12.6 Å². The Kier molecular flexibility index (Phi) is 3.50. The molecule has 0 bridgehead atoms. The fraction of sp³-hybridized carbons (Fsp3) is 0.333. The van der Waals surface area contributed by atoms with Crippen molar-refractivity contribution in [2.75, 3.05) is 7.11 Å². The molecule has 0 aliphatic rings. The number of alkyl halides is 5. The number of hydrogen-bond donors (Lipinski definition) is 0. The zero-order valence-corrected chi connectivity index (χ0v) is 8.35. The molecule has 17 heavy (non-hydrogen) atoms. The van der Waals surface area contributed by atoms with Crippen LogP contribution in [0.3, 0.4) is 0 Å². The highest BCUT2D eigenvalue weighted by Crippen LogP contribution is 2.40. The number of halogens is 5. The molecule has 0 aliphatic heterocycles. The Balaban J connectivity index is 3.64. The van der Waals surface area contributed by atoms with Gasteiger partial charge in [0.2, 0.25) is 0 Å². The Morgan fingerprint density at radius 2 is 2.00 bits per heavy atom. The van der Waals surface area contributed by atoms with Gasteiger partial charge in [-0.1, -0.05) is 0 Å². The first-order chi connectivity index (χ1) is 7.82. The van der Waals surface area contributed by atoms with E-state index in [1.807, 2.05) is 0 Å². The Morgan fingerprint density at radius 3 is 2.35 bits per heavy atom. The van der Waals surface area contributed by atoms with Crippen LogP contribution in [0.1, 0.15) is 23.2 Å². The normalized spacial score (nSPS) is 11.4. The van der Waals surface area contributed by atoms with E-state index in [0.29, 0.717) is 6.20 Å². The van der Waals surface area contributed by atoms with Crippen LogP contribution in [0.15, 0.2) is 6.20 Å². The van der Waals surface area contributed by atoms with Crippen molar-refractivity contribution in [3.63, 3.8) is 0 Å². The maximum atomic E-state index is 12.6. The van der Waals surface area contributed by atoms with E-state index in [4.69, 9.17) is 5.26 Å². The summed E-state index contributed by atoms with van der Waals surface area (Å²) in [6.45, 7) is 0. The first-order valence-electron chi connectivity index (χ1n) is 4.15. The van der Waals surface area contributed by atoms with Crippen LogP contribution >= 0.6 is 0 Å². The summed E-state index contributed by atoms with van der Waals surface area (Å²) in [5, 5.41) is 8.60. The molecule has 0 spiro atoms. The van der Waals surface area contributed by atoms with Crippen molar-refractivity contribution in [2.24, 2.45) is 0 Å². The molecule has 92 valence electrons. The second kappa shape index (κ2) is 4.53. The standard InChI is InChI=1S/C9H5F5N2O/c1-17-5-3-16-7(8(10)11)6(4(5)2-15)9(12,13)14/h3,8H,1H3. The van der Waals surface area contributed by atoms with Crippen LogP contribution in [0.25, 0.3) is 0 Å². The van der Waals surface area contributed by atoms with Crippen LogP contribution in [0.2, 0.25) is 0 Å². The molecular weight excluding hydrogens is 247 g/mol. The maximum absolute atomic E-state index is 12.6. The number of hydrogen-bond acceptors (Lipinski definition) is 3. The average Bonchev–Trinajstić information content (AvgIpc) is 2.25. The molecule has 0 unspecified atom stereocenters. The monoisotopic (exact) mass is 252 g/mol. The molecule has 3 nitrogen and oxygen atoms in total. The van der Waals surface area contributed by atoms with Gasteiger partial charge in [-0.25, -0.2) is 8.78 Å². The third-order valence-electron chi connectivity index (χ3n) is 1.90. The summed E-state index contributed by atoms with van der Waals surface area (Å²) in [5.41, 5.74) is -4.23. The van der Waals surface area contributed by atoms with Crippen molar-refractivity contribution >= 4 is 0 Å². The Bertz CT molecular complexity index is 464. The van der Waals surface area contributed by atoms with E-state index in [1.165, 1.54) is 6.07 Å². The van der Waals surface area contributed by atoms with Crippen LogP contribution in [0.4, 0.5) is 22.0 Å². The van der Waals surface area contributed by atoms with Gasteiger partial charge in [-0.15, -0.1) is 0 Å². The van der Waals surface area contributed by atoms with Gasteiger partial charge in [-0.05, 0) is 0 Å². The molecule has 0 fully saturated rings. The summed E-state index contributed by atoms with van der Waals surface area (Å²) in [6, 6.07) is 1.20. The summed E-state index contributed by atoms with van der Waals surface area (Å²) < 4.78 is 67.0. The highest BCUT2D eigenvalue weighted by molar-refractivity contribution is 5.51. The van der Waals surface area contributed by atoms with Crippen LogP contribution < -0.4 is 4.74 Å². The van der Waals surface area contributed by atoms with E-state index >= 15 is 0 Å². The number of ether oxygens (including phenoxy) is 1. The lowest BCUT2D eigenvalue weighted by atomic mass is 10.1. The molecule has 0 saturated carbocycles. The second-order valence-corrected chi connectivity index (χ2v) is 2.87. The topological polar surface area (TPSA) is 45.9 Å². The fourth-order valence-electron chi connectivity index (χ4n) is 1.23. The molecule has 1 aromatic heterocycles. The summed E-state index contributed by atoms with van der Waals surface area (Å²) in [6.07, 6.45) is -7.86. The summed E-state index contributed by atoms with van der Waals surface area (Å²) in [4.78, 5) is 2.98. The van der Waals surface area contributed by atoms with Gasteiger partial charge in [0.1, 0.15) is 22.9 Å². The minimum Gasteiger partial charge on any atom is -0.494 e. The molecule has 0 atom stereocenters. The molecule has 0 aliphatic carbocycles. The zero-order chi connectivity index (χ0) is 13.2. The van der Waals surface area contributed by atoms with Gasteiger partial charge in [-0.2, -0.15) is 18.4 Å². The Morgan fingerprint density at radius 1 is 1.41 bits per heavy atom. The molecule has 8 heteroatoms. The molecule has 1 aromatic rings. The summed E-state index contributed by atoms with van der Waals surface area (Å²) in [5.74, 6) is -0.496. The largest absolute Gasteiger partial charge is 0.494 e. The fourth-order valence-corrected chi connectivity index (χ4v) is 1.23. The van der Waals surface area contributed by atoms with E-state index in [2.05, 4.69) is 9.72 Å². The second-order valence-electron chi connectivity index (χ2n) is 2.87. The number of aromatic nitrogens is 1. The maximum Gasteiger partial charge on any atom is 0.419 e. The lowest BCUT2D eigenvalue weighted by Crippen LogP contribution is -2.15. The van der Waals surface area contributed by atoms with Crippen LogP contribution in [0, 0.1) is 11.3 Å². The smallest absolute Gasteiger partial charge is 0.419 e. The molecule has 0 radical (unpaired) electrons. The first kappa shape index (κ1) is 13.2. The van der Waals surface area contributed by atoms with E-state index in [-0.39, 0.29) is 0 Å². The van der Waals surface area contributed by atoms with Gasteiger partial charge in [0.25, 0.3) is 6.43 Å². The SMILES string of the molecule is COc1cnc(C(F)F)c(C(F)(F)F)c1C#N. The van der Waals surface area contributed by atoms with Crippen molar-refractivity contribution < 1.29 is 26.7 Å². The highest BCUT2D eigenvalue weighted by Gasteiger charge is 2.41. The van der Waals surface area contributed by atoms with Gasteiger partial charge in [0.15, 0.2) is 5.75 Å². The lowest BCUT2D eigenvalue weighted by Gasteiger charge is -2.14. The molecule has 0 saturated heterocycles. The van der Waals surface area contributed by atoms with Gasteiger partial charge in [0.05, 0.1) is 13.3 Å². The third kappa shape index (κ3) is 2.43. The van der Waals surface area contributed by atoms with Gasteiger partial charge >= 0.3 is 6.18 Å². The predicted octanol–water partition coefficient (Wildman–Crippen LogP) is 2.92. The van der Waals surface area contributed by atoms with E-state index in [0.717, 1.165) is 7.11 Å². The number of nitriles is 1. The third-order valence-corrected chi connectivity index (χ3v) is 1.90. The van der Waals surface area contributed by atoms with Gasteiger partial charge in [0, 0.05) is 0 Å². The Labute approximate surface area is 92.4 Å². The van der Waals surface area contributed by atoms with Crippen LogP contribution in [0.5, 0.6) is 5.75 Å². The van der Waals surface area contributed by atoms with Crippen molar-refractivity contribution in [1.82, 2.24) is 4.98 Å². The molecule has 1 rings (SSSR count). The van der Waals surface area contributed by atoms with Crippen molar-refractivity contribution in [3.05, 3.63) is 23.0 Å². The van der Waals surface area contributed by atoms with Gasteiger partial charge < -0.3 is 4.74 Å². The lowest BCUT2D eigenvalue weighted by molar-refractivity contribution is -0.140. The highest BCUT2D eigenvalue weighted by atomic mass is 19.4. The molecule has 1 heterocycles. The van der Waals surface area contributed by atoms with E-state index in [1.54, 1.807) is 0 Å². The molecule has 0 N–H and O–H groups in total. The van der Waals surface area contributed by atoms with Crippen molar-refractivity contribution in [1.29, 1.82) is 5.26 Å². The molecular formula is C9H5F5N2O. The minimum atomic E-state index is -5.10. The average molecular weight is 252 g/mol.